The van der Waals surface area contributed by atoms with Gasteiger partial charge in [-0.1, -0.05) is 78.3 Å². The predicted octanol–water partition coefficient (Wildman–Crippen LogP) is 4.64. The number of halogens is 1. The SMILES string of the molecule is COc1cccc(N(CC(=O)N(Cc2cccc(Br)c2)[C@H](Cc2ccccc2)C(=O)NCC(C)C)S(C)(=O)=O)c1. The van der Waals surface area contributed by atoms with Gasteiger partial charge in [0.2, 0.25) is 21.8 Å². The van der Waals surface area contributed by atoms with Gasteiger partial charge in [0.25, 0.3) is 0 Å². The first-order valence-corrected chi connectivity index (χ1v) is 15.6. The van der Waals surface area contributed by atoms with Crippen LogP contribution in [0.1, 0.15) is 25.0 Å². The highest BCUT2D eigenvalue weighted by Gasteiger charge is 2.33. The standard InChI is InChI=1S/C30H36BrN3O5S/c1-22(2)19-32-30(36)28(17-23-10-6-5-7-11-23)33(20-24-12-8-13-25(31)16-24)29(35)21-34(40(4,37)38)26-14-9-15-27(18-26)39-3/h5-16,18,22,28H,17,19-21H2,1-4H3,(H,32,36)/t28-/m1/s1. The van der Waals surface area contributed by atoms with E-state index in [9.17, 15) is 18.0 Å². The molecule has 0 bridgehead atoms. The number of methoxy groups -OCH3 is 1. The van der Waals surface area contributed by atoms with Crippen LogP contribution < -0.4 is 14.4 Å². The molecule has 3 rings (SSSR count). The van der Waals surface area contributed by atoms with Crippen molar-refractivity contribution in [1.82, 2.24) is 10.2 Å². The molecular weight excluding hydrogens is 594 g/mol. The summed E-state index contributed by atoms with van der Waals surface area (Å²) in [4.78, 5) is 29.2. The van der Waals surface area contributed by atoms with Crippen LogP contribution in [-0.2, 0) is 32.6 Å². The summed E-state index contributed by atoms with van der Waals surface area (Å²) in [6.07, 6.45) is 1.32. The molecule has 3 aromatic rings. The average Bonchev–Trinajstić information content (AvgIpc) is 2.92. The number of hydrogen-bond donors (Lipinski definition) is 1. The third-order valence-electron chi connectivity index (χ3n) is 6.22. The van der Waals surface area contributed by atoms with Crippen molar-refractivity contribution in [2.24, 2.45) is 5.92 Å². The Bertz CT molecular complexity index is 1400. The molecule has 3 aromatic carbocycles. The van der Waals surface area contributed by atoms with Crippen LogP contribution >= 0.6 is 15.9 Å². The van der Waals surface area contributed by atoms with Crippen molar-refractivity contribution in [3.05, 3.63) is 94.5 Å². The summed E-state index contributed by atoms with van der Waals surface area (Å²) >= 11 is 3.48. The van der Waals surface area contributed by atoms with Crippen LogP contribution in [0.25, 0.3) is 0 Å². The lowest BCUT2D eigenvalue weighted by molar-refractivity contribution is -0.140. The highest BCUT2D eigenvalue weighted by molar-refractivity contribution is 9.10. The summed E-state index contributed by atoms with van der Waals surface area (Å²) in [5.74, 6) is -0.133. The number of anilines is 1. The first kappa shape index (κ1) is 31.2. The molecule has 0 aliphatic heterocycles. The fraction of sp³-hybridized carbons (Fsp3) is 0.333. The number of hydrogen-bond acceptors (Lipinski definition) is 5. The molecule has 0 saturated carbocycles. The topological polar surface area (TPSA) is 96.0 Å². The summed E-state index contributed by atoms with van der Waals surface area (Å²) in [5.41, 5.74) is 1.97. The summed E-state index contributed by atoms with van der Waals surface area (Å²) < 4.78 is 32.9. The average molecular weight is 631 g/mol. The Morgan fingerprint density at radius 3 is 2.25 bits per heavy atom. The predicted molar refractivity (Wildman–Crippen MR) is 162 cm³/mol. The summed E-state index contributed by atoms with van der Waals surface area (Å²) in [5, 5.41) is 2.97. The Labute approximate surface area is 245 Å². The molecule has 0 aliphatic rings. The van der Waals surface area contributed by atoms with Gasteiger partial charge in [0.05, 0.1) is 19.1 Å². The third-order valence-corrected chi connectivity index (χ3v) is 7.85. The molecule has 0 spiro atoms. The van der Waals surface area contributed by atoms with Crippen LogP contribution in [-0.4, -0.2) is 57.6 Å². The van der Waals surface area contributed by atoms with Crippen molar-refractivity contribution in [2.45, 2.75) is 32.9 Å². The van der Waals surface area contributed by atoms with Gasteiger partial charge in [0.15, 0.2) is 0 Å². The molecule has 2 amide bonds. The highest BCUT2D eigenvalue weighted by atomic mass is 79.9. The van der Waals surface area contributed by atoms with Gasteiger partial charge >= 0.3 is 0 Å². The first-order valence-electron chi connectivity index (χ1n) is 12.9. The monoisotopic (exact) mass is 629 g/mol. The third kappa shape index (κ3) is 9.09. The van der Waals surface area contributed by atoms with E-state index < -0.39 is 28.5 Å². The Morgan fingerprint density at radius 2 is 1.62 bits per heavy atom. The smallest absolute Gasteiger partial charge is 0.244 e. The number of carbonyl (C=O) groups excluding carboxylic acids is 2. The fourth-order valence-electron chi connectivity index (χ4n) is 4.19. The first-order chi connectivity index (χ1) is 19.0. The molecule has 0 aromatic heterocycles. The minimum Gasteiger partial charge on any atom is -0.497 e. The van der Waals surface area contributed by atoms with Gasteiger partial charge in [-0.05, 0) is 41.3 Å². The molecule has 1 atom stereocenters. The maximum absolute atomic E-state index is 14.1. The second-order valence-corrected chi connectivity index (χ2v) is 12.8. The summed E-state index contributed by atoms with van der Waals surface area (Å²) in [6, 6.07) is 22.6. The number of nitrogens with one attached hydrogen (secondary N) is 1. The zero-order valence-electron chi connectivity index (χ0n) is 23.2. The van der Waals surface area contributed by atoms with Gasteiger partial charge in [-0.2, -0.15) is 0 Å². The van der Waals surface area contributed by atoms with Crippen molar-refractivity contribution < 1.29 is 22.7 Å². The van der Waals surface area contributed by atoms with Crippen molar-refractivity contribution in [1.29, 1.82) is 0 Å². The van der Waals surface area contributed by atoms with Gasteiger partial charge in [-0.3, -0.25) is 13.9 Å². The quantitative estimate of drug-likeness (QED) is 0.297. The van der Waals surface area contributed by atoms with Gasteiger partial charge in [-0.15, -0.1) is 0 Å². The maximum atomic E-state index is 14.1. The molecule has 214 valence electrons. The van der Waals surface area contributed by atoms with Crippen molar-refractivity contribution in [3.8, 4) is 5.75 Å². The van der Waals surface area contributed by atoms with E-state index in [0.29, 0.717) is 18.0 Å². The zero-order chi connectivity index (χ0) is 29.3. The second kappa shape index (κ2) is 14.3. The molecule has 0 heterocycles. The minimum absolute atomic E-state index is 0.112. The fourth-order valence-corrected chi connectivity index (χ4v) is 5.48. The molecule has 0 aliphatic carbocycles. The van der Waals surface area contributed by atoms with Gasteiger partial charge in [0.1, 0.15) is 18.3 Å². The van der Waals surface area contributed by atoms with E-state index in [0.717, 1.165) is 26.2 Å². The van der Waals surface area contributed by atoms with E-state index in [-0.39, 0.29) is 24.8 Å². The van der Waals surface area contributed by atoms with Crippen LogP contribution in [0.5, 0.6) is 5.75 Å². The lowest BCUT2D eigenvalue weighted by Gasteiger charge is -2.33. The molecule has 1 N–H and O–H groups in total. The lowest BCUT2D eigenvalue weighted by Crippen LogP contribution is -2.53. The summed E-state index contributed by atoms with van der Waals surface area (Å²) in [6.45, 7) is 4.07. The Hall–Kier alpha value is -3.37. The molecule has 0 fully saturated rings. The van der Waals surface area contributed by atoms with Crippen molar-refractivity contribution in [2.75, 3.05) is 30.8 Å². The van der Waals surface area contributed by atoms with Crippen molar-refractivity contribution in [3.63, 3.8) is 0 Å². The van der Waals surface area contributed by atoms with Gasteiger partial charge < -0.3 is 15.0 Å². The number of rotatable bonds is 13. The molecule has 0 radical (unpaired) electrons. The lowest BCUT2D eigenvalue weighted by atomic mass is 10.0. The largest absolute Gasteiger partial charge is 0.497 e. The number of carbonyl (C=O) groups is 2. The Morgan fingerprint density at radius 1 is 0.950 bits per heavy atom. The van der Waals surface area contributed by atoms with E-state index in [4.69, 9.17) is 4.74 Å². The number of sulfonamides is 1. The molecule has 40 heavy (non-hydrogen) atoms. The van der Waals surface area contributed by atoms with Gasteiger partial charge in [0, 0.05) is 30.0 Å². The van der Waals surface area contributed by atoms with Gasteiger partial charge in [-0.25, -0.2) is 8.42 Å². The molecule has 10 heteroatoms. The Balaban J connectivity index is 2.05. The Kier molecular flexibility index (Phi) is 11.2. The van der Waals surface area contributed by atoms with E-state index >= 15 is 0 Å². The molecule has 0 unspecified atom stereocenters. The number of nitrogens with zero attached hydrogens (tertiary/aromatic N) is 2. The summed E-state index contributed by atoms with van der Waals surface area (Å²) in [7, 11) is -2.37. The van der Waals surface area contributed by atoms with E-state index in [1.54, 1.807) is 24.3 Å². The molecule has 8 nitrogen and oxygen atoms in total. The van der Waals surface area contributed by atoms with Crippen LogP contribution in [0.2, 0.25) is 0 Å². The minimum atomic E-state index is -3.86. The number of amides is 2. The molecule has 0 saturated heterocycles. The second-order valence-electron chi connectivity index (χ2n) is 9.97. The molecular formula is C30H36BrN3O5S. The normalized spacial score (nSPS) is 12.1. The van der Waals surface area contributed by atoms with Crippen LogP contribution in [0, 0.1) is 5.92 Å². The number of ether oxygens (including phenoxy) is 1. The zero-order valence-corrected chi connectivity index (χ0v) is 25.6. The van der Waals surface area contributed by atoms with Crippen molar-refractivity contribution >= 4 is 43.5 Å². The van der Waals surface area contributed by atoms with E-state index in [2.05, 4.69) is 21.2 Å². The highest BCUT2D eigenvalue weighted by Crippen LogP contribution is 2.24. The van der Waals surface area contributed by atoms with Crippen LogP contribution in [0.4, 0.5) is 5.69 Å². The van der Waals surface area contributed by atoms with Crippen LogP contribution in [0.3, 0.4) is 0 Å². The van der Waals surface area contributed by atoms with E-state index in [1.807, 2.05) is 68.4 Å². The maximum Gasteiger partial charge on any atom is 0.244 e. The van der Waals surface area contributed by atoms with Crippen LogP contribution in [0.15, 0.2) is 83.3 Å². The number of benzene rings is 3. The van der Waals surface area contributed by atoms with E-state index in [1.165, 1.54) is 12.0 Å².